The highest BCUT2D eigenvalue weighted by Gasteiger charge is 2.36. The molecule has 1 saturated heterocycles. The Hall–Kier alpha value is -2.53. The summed E-state index contributed by atoms with van der Waals surface area (Å²) in [5.74, 6) is -0.672. The second kappa shape index (κ2) is 7.79. The highest BCUT2D eigenvalue weighted by Crippen LogP contribution is 2.40. The molecule has 0 bridgehead atoms. The molecule has 1 aliphatic rings. The summed E-state index contributed by atoms with van der Waals surface area (Å²) in [6.07, 6.45) is 0.441. The molecule has 1 aliphatic heterocycles. The Bertz CT molecular complexity index is 806. The number of carbonyl (C=O) groups is 2. The summed E-state index contributed by atoms with van der Waals surface area (Å²) in [6, 6.07) is 14.8. The number of halogens is 1. The molecule has 0 saturated carbocycles. The standard InChI is InChI=1S/C20H20ClNO4/c1-13(23)26-16-11-19(17-5-3-4-6-18(17)21)22(12-16)15-9-7-14(8-10-15)20(24)25-2/h3-10,16,19H,11-12H2,1-2H3. The molecule has 6 heteroatoms. The number of ether oxygens (including phenoxy) is 2. The van der Waals surface area contributed by atoms with Gasteiger partial charge in [0.1, 0.15) is 6.10 Å². The van der Waals surface area contributed by atoms with Crippen LogP contribution in [0.25, 0.3) is 0 Å². The lowest BCUT2D eigenvalue weighted by atomic mass is 10.0. The van der Waals surface area contributed by atoms with Crippen molar-refractivity contribution in [2.75, 3.05) is 18.6 Å². The van der Waals surface area contributed by atoms with Gasteiger partial charge in [0.05, 0.1) is 25.3 Å². The maximum absolute atomic E-state index is 11.6. The highest BCUT2D eigenvalue weighted by atomic mass is 35.5. The number of hydrogen-bond acceptors (Lipinski definition) is 5. The quantitative estimate of drug-likeness (QED) is 0.758. The van der Waals surface area contributed by atoms with E-state index in [4.69, 9.17) is 21.1 Å². The van der Waals surface area contributed by atoms with Crippen LogP contribution in [0, 0.1) is 0 Å². The molecule has 26 heavy (non-hydrogen) atoms. The van der Waals surface area contributed by atoms with Crippen LogP contribution in [-0.4, -0.2) is 31.7 Å². The molecule has 0 aliphatic carbocycles. The van der Waals surface area contributed by atoms with Crippen molar-refractivity contribution < 1.29 is 19.1 Å². The molecular formula is C20H20ClNO4. The van der Waals surface area contributed by atoms with E-state index in [2.05, 4.69) is 4.90 Å². The lowest BCUT2D eigenvalue weighted by molar-refractivity contribution is -0.145. The van der Waals surface area contributed by atoms with Gasteiger partial charge in [0, 0.05) is 24.1 Å². The van der Waals surface area contributed by atoms with Gasteiger partial charge < -0.3 is 14.4 Å². The zero-order valence-electron chi connectivity index (χ0n) is 14.6. The number of esters is 2. The van der Waals surface area contributed by atoms with Gasteiger partial charge in [-0.1, -0.05) is 29.8 Å². The molecule has 2 aromatic rings. The molecule has 1 heterocycles. The Kier molecular flexibility index (Phi) is 5.47. The summed E-state index contributed by atoms with van der Waals surface area (Å²) in [7, 11) is 1.36. The van der Waals surface area contributed by atoms with Gasteiger partial charge in [-0.25, -0.2) is 4.79 Å². The normalized spacial score (nSPS) is 19.3. The van der Waals surface area contributed by atoms with Crippen molar-refractivity contribution in [1.29, 1.82) is 0 Å². The van der Waals surface area contributed by atoms with Crippen LogP contribution in [0.2, 0.25) is 5.02 Å². The lowest BCUT2D eigenvalue weighted by Crippen LogP contribution is -2.25. The van der Waals surface area contributed by atoms with Crippen molar-refractivity contribution in [3.63, 3.8) is 0 Å². The first-order valence-electron chi connectivity index (χ1n) is 8.36. The largest absolute Gasteiger partial charge is 0.465 e. The van der Waals surface area contributed by atoms with Crippen LogP contribution in [0.1, 0.15) is 35.3 Å². The first-order valence-corrected chi connectivity index (χ1v) is 8.74. The predicted molar refractivity (Wildman–Crippen MR) is 99.5 cm³/mol. The van der Waals surface area contributed by atoms with Crippen LogP contribution in [0.15, 0.2) is 48.5 Å². The summed E-state index contributed by atoms with van der Waals surface area (Å²) in [5, 5.41) is 0.678. The van der Waals surface area contributed by atoms with E-state index in [-0.39, 0.29) is 24.1 Å². The Labute approximate surface area is 157 Å². The zero-order valence-corrected chi connectivity index (χ0v) is 15.4. The number of carbonyl (C=O) groups excluding carboxylic acids is 2. The topological polar surface area (TPSA) is 55.8 Å². The fourth-order valence-corrected chi connectivity index (χ4v) is 3.61. The van der Waals surface area contributed by atoms with Crippen molar-refractivity contribution in [2.24, 2.45) is 0 Å². The molecule has 2 aromatic carbocycles. The minimum absolute atomic E-state index is 0.0166. The minimum atomic E-state index is -0.376. The lowest BCUT2D eigenvalue weighted by Gasteiger charge is -2.27. The molecule has 0 amide bonds. The fourth-order valence-electron chi connectivity index (χ4n) is 3.35. The Morgan fingerprint density at radius 3 is 2.42 bits per heavy atom. The summed E-state index contributed by atoms with van der Waals surface area (Å²) in [6.45, 7) is 1.98. The van der Waals surface area contributed by atoms with Gasteiger partial charge in [0.25, 0.3) is 0 Å². The van der Waals surface area contributed by atoms with Crippen molar-refractivity contribution in [3.05, 3.63) is 64.7 Å². The zero-order chi connectivity index (χ0) is 18.7. The third-order valence-corrected chi connectivity index (χ3v) is 4.82. The maximum atomic E-state index is 11.6. The Morgan fingerprint density at radius 2 is 1.81 bits per heavy atom. The van der Waals surface area contributed by atoms with E-state index in [1.165, 1.54) is 14.0 Å². The van der Waals surface area contributed by atoms with Gasteiger partial charge in [0.15, 0.2) is 0 Å². The minimum Gasteiger partial charge on any atom is -0.465 e. The van der Waals surface area contributed by atoms with Crippen molar-refractivity contribution in [1.82, 2.24) is 0 Å². The SMILES string of the molecule is COC(=O)c1ccc(N2CC(OC(C)=O)CC2c2ccccc2Cl)cc1. The summed E-state index contributed by atoms with van der Waals surface area (Å²) < 4.78 is 10.2. The van der Waals surface area contributed by atoms with Crippen LogP contribution < -0.4 is 4.90 Å². The number of hydrogen-bond donors (Lipinski definition) is 0. The van der Waals surface area contributed by atoms with Crippen LogP contribution in [-0.2, 0) is 14.3 Å². The van der Waals surface area contributed by atoms with Gasteiger partial charge in [-0.2, -0.15) is 0 Å². The van der Waals surface area contributed by atoms with E-state index in [1.54, 1.807) is 12.1 Å². The van der Waals surface area contributed by atoms with E-state index in [0.29, 0.717) is 23.6 Å². The number of benzene rings is 2. The van der Waals surface area contributed by atoms with E-state index in [9.17, 15) is 9.59 Å². The van der Waals surface area contributed by atoms with E-state index >= 15 is 0 Å². The second-order valence-corrected chi connectivity index (χ2v) is 6.60. The molecule has 2 atom stereocenters. The summed E-state index contributed by atoms with van der Waals surface area (Å²) >= 11 is 6.40. The number of rotatable bonds is 4. The van der Waals surface area contributed by atoms with Crippen LogP contribution in [0.5, 0.6) is 0 Å². The molecule has 5 nitrogen and oxygen atoms in total. The molecule has 0 spiro atoms. The number of nitrogens with zero attached hydrogens (tertiary/aromatic N) is 1. The molecule has 3 rings (SSSR count). The van der Waals surface area contributed by atoms with Gasteiger partial charge in [-0.15, -0.1) is 0 Å². The molecule has 136 valence electrons. The molecule has 2 unspecified atom stereocenters. The summed E-state index contributed by atoms with van der Waals surface area (Å²) in [4.78, 5) is 25.2. The molecule has 0 radical (unpaired) electrons. The predicted octanol–water partition coefficient (Wildman–Crippen LogP) is 4.01. The second-order valence-electron chi connectivity index (χ2n) is 6.20. The molecule has 1 fully saturated rings. The van der Waals surface area contributed by atoms with E-state index in [0.717, 1.165) is 11.3 Å². The molecule has 0 N–H and O–H groups in total. The third kappa shape index (κ3) is 3.83. The van der Waals surface area contributed by atoms with Gasteiger partial charge in [0.2, 0.25) is 0 Å². The molecule has 0 aromatic heterocycles. The van der Waals surface area contributed by atoms with Crippen molar-refractivity contribution in [2.45, 2.75) is 25.5 Å². The third-order valence-electron chi connectivity index (χ3n) is 4.48. The smallest absolute Gasteiger partial charge is 0.337 e. The maximum Gasteiger partial charge on any atom is 0.337 e. The average Bonchev–Trinajstić information content (AvgIpc) is 3.04. The van der Waals surface area contributed by atoms with Crippen molar-refractivity contribution >= 4 is 29.2 Å². The van der Waals surface area contributed by atoms with Gasteiger partial charge >= 0.3 is 11.9 Å². The van der Waals surface area contributed by atoms with Crippen LogP contribution in [0.3, 0.4) is 0 Å². The van der Waals surface area contributed by atoms with Crippen LogP contribution in [0.4, 0.5) is 5.69 Å². The van der Waals surface area contributed by atoms with Crippen LogP contribution >= 0.6 is 11.6 Å². The average molecular weight is 374 g/mol. The monoisotopic (exact) mass is 373 g/mol. The van der Waals surface area contributed by atoms with Gasteiger partial charge in [-0.3, -0.25) is 4.79 Å². The highest BCUT2D eigenvalue weighted by molar-refractivity contribution is 6.31. The number of methoxy groups -OCH3 is 1. The Morgan fingerprint density at radius 1 is 1.12 bits per heavy atom. The van der Waals surface area contributed by atoms with E-state index in [1.807, 2.05) is 36.4 Å². The number of anilines is 1. The summed E-state index contributed by atoms with van der Waals surface area (Å²) in [5.41, 5.74) is 2.40. The van der Waals surface area contributed by atoms with Crippen molar-refractivity contribution in [3.8, 4) is 0 Å². The van der Waals surface area contributed by atoms with E-state index < -0.39 is 0 Å². The first kappa shape index (κ1) is 18.3. The fraction of sp³-hybridized carbons (Fsp3) is 0.300. The van der Waals surface area contributed by atoms with Gasteiger partial charge in [-0.05, 0) is 35.9 Å². The first-order chi connectivity index (χ1) is 12.5. The molecular weight excluding hydrogens is 354 g/mol. The Balaban J connectivity index is 1.92.